The predicted octanol–water partition coefficient (Wildman–Crippen LogP) is 5.59. The lowest BCUT2D eigenvalue weighted by Gasteiger charge is -2.08. The predicted molar refractivity (Wildman–Crippen MR) is 140 cm³/mol. The summed E-state index contributed by atoms with van der Waals surface area (Å²) in [5.41, 5.74) is 1.84. The van der Waals surface area contributed by atoms with Crippen molar-refractivity contribution in [2.75, 3.05) is 32.6 Å². The SMILES string of the molecule is CCNCCO.Cc1sc2cc(C#CCCCOS(C)(=O)=O)ccc2c1-c1ccc(C(F)(F)F)cc1. The number of nitrogens with one attached hydrogen (secondary N) is 1. The maximum atomic E-state index is 12.8. The number of hydrogen-bond donors (Lipinski definition) is 2. The zero-order valence-corrected chi connectivity index (χ0v) is 22.0. The lowest BCUT2D eigenvalue weighted by molar-refractivity contribution is -0.137. The number of rotatable bonds is 8. The maximum absolute atomic E-state index is 12.8. The molecule has 0 aliphatic carbocycles. The summed E-state index contributed by atoms with van der Waals surface area (Å²) in [6, 6.07) is 11.0. The highest BCUT2D eigenvalue weighted by atomic mass is 32.2. The summed E-state index contributed by atoms with van der Waals surface area (Å²) in [5.74, 6) is 6.05. The van der Waals surface area contributed by atoms with Gasteiger partial charge in [0.1, 0.15) is 0 Å². The number of aliphatic hydroxyl groups is 1. The molecular weight excluding hydrogens is 511 g/mol. The van der Waals surface area contributed by atoms with E-state index in [1.807, 2.05) is 32.0 Å². The first-order valence-electron chi connectivity index (χ1n) is 11.3. The van der Waals surface area contributed by atoms with Crippen molar-refractivity contribution in [3.05, 3.63) is 58.5 Å². The fourth-order valence-electron chi connectivity index (χ4n) is 3.27. The van der Waals surface area contributed by atoms with Gasteiger partial charge in [0.2, 0.25) is 0 Å². The molecule has 3 aromatic rings. The number of aryl methyl sites for hydroxylation is 1. The van der Waals surface area contributed by atoms with E-state index in [-0.39, 0.29) is 13.2 Å². The molecule has 2 aromatic carbocycles. The average molecular weight is 542 g/mol. The molecule has 3 rings (SSSR count). The van der Waals surface area contributed by atoms with Crippen LogP contribution in [0, 0.1) is 18.8 Å². The standard InChI is InChI=1S/C22H19F3O3S2.C4H11NO/c1-15-21(17-8-10-18(11-9-17)22(23,24)25)19-12-7-16(14-20(19)29-15)6-4-3-5-13-28-30(2,26)27;1-2-5-3-4-6/h7-12,14H,3,5,13H2,1-2H3;5-6H,2-4H2,1H3. The number of fused-ring (bicyclic) bond motifs is 1. The minimum Gasteiger partial charge on any atom is -0.395 e. The highest BCUT2D eigenvalue weighted by Crippen LogP contribution is 2.39. The van der Waals surface area contributed by atoms with Gasteiger partial charge < -0.3 is 10.4 Å². The Bertz CT molecular complexity index is 1280. The first kappa shape index (κ1) is 29.8. The first-order chi connectivity index (χ1) is 17.0. The molecule has 0 atom stereocenters. The van der Waals surface area contributed by atoms with Crippen molar-refractivity contribution in [3.8, 4) is 23.0 Å². The van der Waals surface area contributed by atoms with Gasteiger partial charge in [-0.1, -0.05) is 37.0 Å². The van der Waals surface area contributed by atoms with Crippen LogP contribution in [-0.4, -0.2) is 46.1 Å². The topological polar surface area (TPSA) is 75.6 Å². The summed E-state index contributed by atoms with van der Waals surface area (Å²) < 4.78 is 65.9. The zero-order chi connectivity index (χ0) is 26.8. The van der Waals surface area contributed by atoms with Crippen molar-refractivity contribution < 1.29 is 30.9 Å². The van der Waals surface area contributed by atoms with Gasteiger partial charge in [-0.25, -0.2) is 0 Å². The number of unbranched alkanes of at least 4 members (excludes halogenated alkanes) is 1. The Morgan fingerprint density at radius 3 is 2.39 bits per heavy atom. The van der Waals surface area contributed by atoms with E-state index in [0.717, 1.165) is 63.1 Å². The molecule has 0 radical (unpaired) electrons. The third-order valence-electron chi connectivity index (χ3n) is 4.88. The molecule has 1 heterocycles. The molecule has 0 saturated heterocycles. The van der Waals surface area contributed by atoms with Crippen LogP contribution < -0.4 is 5.32 Å². The first-order valence-corrected chi connectivity index (χ1v) is 13.9. The van der Waals surface area contributed by atoms with Gasteiger partial charge >= 0.3 is 6.18 Å². The summed E-state index contributed by atoms with van der Waals surface area (Å²) in [6.45, 7) is 5.97. The number of thiophene rings is 1. The molecule has 5 nitrogen and oxygen atoms in total. The second kappa shape index (κ2) is 13.8. The van der Waals surface area contributed by atoms with Crippen molar-refractivity contribution in [2.45, 2.75) is 32.9 Å². The van der Waals surface area contributed by atoms with Gasteiger partial charge in [-0.05, 0) is 49.7 Å². The van der Waals surface area contributed by atoms with Gasteiger partial charge in [-0.3, -0.25) is 4.18 Å². The lowest BCUT2D eigenvalue weighted by Crippen LogP contribution is -2.16. The Labute approximate surface area is 214 Å². The lowest BCUT2D eigenvalue weighted by atomic mass is 10.00. The third kappa shape index (κ3) is 9.56. The van der Waals surface area contributed by atoms with Crippen LogP contribution in [0.4, 0.5) is 13.2 Å². The molecule has 0 fully saturated rings. The highest BCUT2D eigenvalue weighted by Gasteiger charge is 2.30. The van der Waals surface area contributed by atoms with E-state index in [9.17, 15) is 21.6 Å². The molecule has 0 saturated carbocycles. The van der Waals surface area contributed by atoms with Crippen molar-refractivity contribution in [1.29, 1.82) is 0 Å². The van der Waals surface area contributed by atoms with E-state index in [1.54, 1.807) is 11.3 Å². The molecule has 0 spiro atoms. The summed E-state index contributed by atoms with van der Waals surface area (Å²) in [4.78, 5) is 1.02. The van der Waals surface area contributed by atoms with Crippen molar-refractivity contribution >= 4 is 31.5 Å². The summed E-state index contributed by atoms with van der Waals surface area (Å²) in [6.07, 6.45) is -2.32. The summed E-state index contributed by atoms with van der Waals surface area (Å²) in [7, 11) is -3.42. The number of hydrogen-bond acceptors (Lipinski definition) is 6. The molecule has 10 heteroatoms. The summed E-state index contributed by atoms with van der Waals surface area (Å²) >= 11 is 1.57. The van der Waals surface area contributed by atoms with E-state index in [0.29, 0.717) is 12.8 Å². The van der Waals surface area contributed by atoms with Crippen molar-refractivity contribution in [3.63, 3.8) is 0 Å². The van der Waals surface area contributed by atoms with Crippen LogP contribution in [0.3, 0.4) is 0 Å². The maximum Gasteiger partial charge on any atom is 0.416 e. The van der Waals surface area contributed by atoms with Crippen LogP contribution in [-0.2, 0) is 20.5 Å². The quantitative estimate of drug-likeness (QED) is 0.221. The molecule has 196 valence electrons. The van der Waals surface area contributed by atoms with E-state index in [1.165, 1.54) is 12.1 Å². The van der Waals surface area contributed by atoms with Crippen LogP contribution in [0.15, 0.2) is 42.5 Å². The van der Waals surface area contributed by atoms with Gasteiger partial charge in [0.05, 0.1) is 25.0 Å². The molecule has 0 aliphatic heterocycles. The molecular formula is C26H30F3NO4S2. The summed E-state index contributed by atoms with van der Waals surface area (Å²) in [5, 5.41) is 12.1. The largest absolute Gasteiger partial charge is 0.416 e. The molecule has 0 unspecified atom stereocenters. The van der Waals surface area contributed by atoms with Gasteiger partial charge in [0, 0.05) is 39.1 Å². The van der Waals surface area contributed by atoms with Crippen molar-refractivity contribution in [2.24, 2.45) is 0 Å². The van der Waals surface area contributed by atoms with Gasteiger partial charge in [0.15, 0.2) is 0 Å². The van der Waals surface area contributed by atoms with Crippen LogP contribution in [0.2, 0.25) is 0 Å². The normalized spacial score (nSPS) is 11.5. The van der Waals surface area contributed by atoms with E-state index in [4.69, 9.17) is 5.11 Å². The Morgan fingerprint density at radius 2 is 1.83 bits per heavy atom. The van der Waals surface area contributed by atoms with Gasteiger partial charge in [-0.15, -0.1) is 11.3 Å². The van der Waals surface area contributed by atoms with Crippen LogP contribution >= 0.6 is 11.3 Å². The number of likely N-dealkylation sites (N-methyl/N-ethyl adjacent to an activating group) is 1. The zero-order valence-electron chi connectivity index (χ0n) is 20.4. The minimum atomic E-state index is -4.35. The molecule has 36 heavy (non-hydrogen) atoms. The molecule has 2 N–H and O–H groups in total. The number of aliphatic hydroxyl groups excluding tert-OH is 1. The van der Waals surface area contributed by atoms with Gasteiger partial charge in [0.25, 0.3) is 10.1 Å². The second-order valence-electron chi connectivity index (χ2n) is 7.83. The van der Waals surface area contributed by atoms with E-state index >= 15 is 0 Å². The number of halogens is 3. The smallest absolute Gasteiger partial charge is 0.395 e. The minimum absolute atomic E-state index is 0.104. The fourth-order valence-corrected chi connectivity index (χ4v) is 4.82. The molecule has 0 amide bonds. The monoisotopic (exact) mass is 541 g/mol. The third-order valence-corrected chi connectivity index (χ3v) is 6.54. The van der Waals surface area contributed by atoms with Gasteiger partial charge in [-0.2, -0.15) is 21.6 Å². The van der Waals surface area contributed by atoms with E-state index < -0.39 is 21.9 Å². The Morgan fingerprint density at radius 1 is 1.14 bits per heavy atom. The van der Waals surface area contributed by atoms with Crippen molar-refractivity contribution in [1.82, 2.24) is 5.32 Å². The molecule has 1 aromatic heterocycles. The second-order valence-corrected chi connectivity index (χ2v) is 10.7. The number of alkyl halides is 3. The average Bonchev–Trinajstić information content (AvgIpc) is 3.14. The van der Waals surface area contributed by atoms with Crippen LogP contribution in [0.25, 0.3) is 21.2 Å². The Kier molecular flexibility index (Phi) is 11.4. The Hall–Kier alpha value is -2.42. The highest BCUT2D eigenvalue weighted by molar-refractivity contribution is 7.85. The Balaban J connectivity index is 0.000000678. The number of benzene rings is 2. The van der Waals surface area contributed by atoms with Crippen LogP contribution in [0.5, 0.6) is 0 Å². The van der Waals surface area contributed by atoms with E-state index in [2.05, 4.69) is 21.3 Å². The molecule has 0 aliphatic rings. The molecule has 0 bridgehead atoms. The van der Waals surface area contributed by atoms with Crippen LogP contribution in [0.1, 0.15) is 35.8 Å². The fraction of sp³-hybridized carbons (Fsp3) is 0.385.